The van der Waals surface area contributed by atoms with Crippen LogP contribution in [0.15, 0.2) is 23.1 Å². The Kier molecular flexibility index (Phi) is 2.54. The van der Waals surface area contributed by atoms with Crippen LogP contribution in [-0.2, 0) is 12.8 Å². The van der Waals surface area contributed by atoms with Crippen LogP contribution in [0.1, 0.15) is 5.82 Å². The minimum atomic E-state index is -4.60. The summed E-state index contributed by atoms with van der Waals surface area (Å²) in [5.74, 6) is -2.39. The van der Waals surface area contributed by atoms with Gasteiger partial charge in [-0.2, -0.15) is 18.3 Å². The molecular formula is C8H10F3N7. The molecule has 0 aliphatic carbocycles. The van der Waals surface area contributed by atoms with Gasteiger partial charge in [0.1, 0.15) is 17.7 Å². The molecule has 0 amide bonds. The van der Waals surface area contributed by atoms with Gasteiger partial charge < -0.3 is 11.1 Å². The van der Waals surface area contributed by atoms with Crippen LogP contribution in [0, 0.1) is 0 Å². The minimum absolute atomic E-state index is 0.0189. The summed E-state index contributed by atoms with van der Waals surface area (Å²) in [7, 11) is 1.59. The second kappa shape index (κ2) is 3.70. The third-order valence-corrected chi connectivity index (χ3v) is 2.26. The van der Waals surface area contributed by atoms with Gasteiger partial charge in [-0.05, 0) is 0 Å². The average Bonchev–Trinajstić information content (AvgIpc) is 2.63. The maximum Gasteiger partial charge on any atom is 0.421 e. The van der Waals surface area contributed by atoms with Gasteiger partial charge in [0.05, 0.1) is 0 Å². The lowest BCUT2D eigenvalue weighted by atomic mass is 10.2. The predicted molar refractivity (Wildman–Crippen MR) is 55.8 cm³/mol. The Hall–Kier alpha value is -2.10. The first kappa shape index (κ1) is 12.4. The zero-order chi connectivity index (χ0) is 13.6. The molecular weight excluding hydrogens is 251 g/mol. The van der Waals surface area contributed by atoms with Gasteiger partial charge in [0.2, 0.25) is 11.6 Å². The van der Waals surface area contributed by atoms with Crippen molar-refractivity contribution in [2.24, 2.45) is 23.5 Å². The van der Waals surface area contributed by atoms with Crippen molar-refractivity contribution >= 4 is 5.84 Å². The van der Waals surface area contributed by atoms with Crippen LogP contribution in [0.5, 0.6) is 0 Å². The number of aliphatic imine (C=N–C) groups is 1. The highest BCUT2D eigenvalue weighted by molar-refractivity contribution is 5.98. The first-order valence-electron chi connectivity index (χ1n) is 4.78. The van der Waals surface area contributed by atoms with E-state index in [1.807, 2.05) is 0 Å². The molecule has 0 fully saturated rings. The molecule has 18 heavy (non-hydrogen) atoms. The van der Waals surface area contributed by atoms with Crippen molar-refractivity contribution in [1.29, 1.82) is 0 Å². The average molecular weight is 261 g/mol. The largest absolute Gasteiger partial charge is 0.421 e. The van der Waals surface area contributed by atoms with Crippen LogP contribution in [0.2, 0.25) is 0 Å². The molecule has 2 heterocycles. The molecule has 0 aromatic carbocycles. The molecule has 1 unspecified atom stereocenters. The standard InChI is InChI=1S/C8H10F3N7/c1-18-3-14-6(17-18)8(13)15-2-4(5(12)16-8)7(9,10)11/h2-3,15H,13H2,1H3,(H2,12,16). The van der Waals surface area contributed by atoms with E-state index in [1.165, 1.54) is 11.0 Å². The number of amidine groups is 1. The lowest BCUT2D eigenvalue weighted by Crippen LogP contribution is -2.52. The number of hydrogen-bond donors (Lipinski definition) is 3. The Bertz CT molecular complexity index is 529. The van der Waals surface area contributed by atoms with Crippen LogP contribution in [0.25, 0.3) is 0 Å². The number of aromatic nitrogens is 3. The second-order valence-corrected chi connectivity index (χ2v) is 3.71. The normalized spacial score (nSPS) is 24.3. The highest BCUT2D eigenvalue weighted by Gasteiger charge is 2.42. The zero-order valence-corrected chi connectivity index (χ0v) is 9.23. The summed E-state index contributed by atoms with van der Waals surface area (Å²) in [6.45, 7) is 0. The molecule has 0 bridgehead atoms. The molecule has 5 N–H and O–H groups in total. The Morgan fingerprint density at radius 2 is 2.11 bits per heavy atom. The summed E-state index contributed by atoms with van der Waals surface area (Å²) in [5, 5.41) is 6.17. The molecule has 98 valence electrons. The van der Waals surface area contributed by atoms with E-state index in [4.69, 9.17) is 11.5 Å². The number of alkyl halides is 3. The highest BCUT2D eigenvalue weighted by Crippen LogP contribution is 2.29. The van der Waals surface area contributed by atoms with Crippen LogP contribution in [-0.4, -0.2) is 26.8 Å². The molecule has 1 aliphatic rings. The van der Waals surface area contributed by atoms with E-state index in [2.05, 4.69) is 20.4 Å². The van der Waals surface area contributed by atoms with E-state index in [0.717, 1.165) is 0 Å². The first-order valence-corrected chi connectivity index (χ1v) is 4.78. The maximum atomic E-state index is 12.5. The van der Waals surface area contributed by atoms with E-state index in [1.54, 1.807) is 7.05 Å². The number of aryl methyl sites for hydroxylation is 1. The summed E-state index contributed by atoms with van der Waals surface area (Å²) in [4.78, 5) is 7.40. The van der Waals surface area contributed by atoms with Gasteiger partial charge >= 0.3 is 6.18 Å². The number of nitrogens with zero attached hydrogens (tertiary/aromatic N) is 4. The predicted octanol–water partition coefficient (Wildman–Crippen LogP) is -0.709. The fraction of sp³-hybridized carbons (Fsp3) is 0.375. The molecule has 0 spiro atoms. The van der Waals surface area contributed by atoms with Crippen LogP contribution in [0.4, 0.5) is 13.2 Å². The Balaban J connectivity index is 2.35. The van der Waals surface area contributed by atoms with Crippen molar-refractivity contribution in [3.63, 3.8) is 0 Å². The van der Waals surface area contributed by atoms with E-state index in [0.29, 0.717) is 6.20 Å². The molecule has 0 saturated carbocycles. The maximum absolute atomic E-state index is 12.5. The summed E-state index contributed by atoms with van der Waals surface area (Å²) in [6, 6.07) is 0. The monoisotopic (exact) mass is 261 g/mol. The van der Waals surface area contributed by atoms with Crippen molar-refractivity contribution in [2.45, 2.75) is 12.0 Å². The molecule has 10 heteroatoms. The fourth-order valence-electron chi connectivity index (χ4n) is 1.39. The van der Waals surface area contributed by atoms with Crippen molar-refractivity contribution in [3.05, 3.63) is 23.9 Å². The summed E-state index contributed by atoms with van der Waals surface area (Å²) in [5.41, 5.74) is 9.94. The summed E-state index contributed by atoms with van der Waals surface area (Å²) >= 11 is 0. The molecule has 2 rings (SSSR count). The van der Waals surface area contributed by atoms with Gasteiger partial charge in [-0.3, -0.25) is 10.4 Å². The smallest absolute Gasteiger partial charge is 0.383 e. The Morgan fingerprint density at radius 1 is 1.44 bits per heavy atom. The summed E-state index contributed by atoms with van der Waals surface area (Å²) in [6.07, 6.45) is -2.58. The van der Waals surface area contributed by atoms with Crippen molar-refractivity contribution in [3.8, 4) is 0 Å². The lowest BCUT2D eigenvalue weighted by molar-refractivity contribution is -0.0870. The van der Waals surface area contributed by atoms with Crippen LogP contribution in [0.3, 0.4) is 0 Å². The quantitative estimate of drug-likeness (QED) is 0.619. The third kappa shape index (κ3) is 2.01. The number of rotatable bonds is 1. The second-order valence-electron chi connectivity index (χ2n) is 3.71. The van der Waals surface area contributed by atoms with Gasteiger partial charge in [-0.15, -0.1) is 0 Å². The molecule has 1 aromatic heterocycles. The zero-order valence-electron chi connectivity index (χ0n) is 9.23. The topological polar surface area (TPSA) is 107 Å². The van der Waals surface area contributed by atoms with Gasteiger partial charge in [-0.25, -0.2) is 9.98 Å². The number of hydrogen-bond acceptors (Lipinski definition) is 6. The van der Waals surface area contributed by atoms with Crippen molar-refractivity contribution < 1.29 is 13.2 Å². The van der Waals surface area contributed by atoms with E-state index in [9.17, 15) is 13.2 Å². The molecule has 1 atom stereocenters. The molecule has 1 aliphatic heterocycles. The highest BCUT2D eigenvalue weighted by atomic mass is 19.4. The first-order chi connectivity index (χ1) is 8.22. The van der Waals surface area contributed by atoms with Gasteiger partial charge in [0.25, 0.3) is 0 Å². The van der Waals surface area contributed by atoms with Gasteiger partial charge in [-0.1, -0.05) is 0 Å². The van der Waals surface area contributed by atoms with E-state index < -0.39 is 23.4 Å². The summed E-state index contributed by atoms with van der Waals surface area (Å²) < 4.78 is 38.9. The Labute approximate surface area is 99.4 Å². The Morgan fingerprint density at radius 3 is 2.56 bits per heavy atom. The number of nitrogens with two attached hydrogens (primary N) is 2. The van der Waals surface area contributed by atoms with Crippen LogP contribution >= 0.6 is 0 Å². The molecule has 1 aromatic rings. The van der Waals surface area contributed by atoms with Crippen LogP contribution < -0.4 is 16.8 Å². The molecule has 0 saturated heterocycles. The van der Waals surface area contributed by atoms with E-state index in [-0.39, 0.29) is 5.82 Å². The minimum Gasteiger partial charge on any atom is -0.383 e. The van der Waals surface area contributed by atoms with Gasteiger partial charge in [0, 0.05) is 13.2 Å². The third-order valence-electron chi connectivity index (χ3n) is 2.26. The number of halogens is 3. The fourth-order valence-corrected chi connectivity index (χ4v) is 1.39. The van der Waals surface area contributed by atoms with Crippen molar-refractivity contribution in [1.82, 2.24) is 20.1 Å². The molecule has 7 nitrogen and oxygen atoms in total. The van der Waals surface area contributed by atoms with E-state index >= 15 is 0 Å². The molecule has 0 radical (unpaired) electrons. The lowest BCUT2D eigenvalue weighted by Gasteiger charge is -2.28. The SMILES string of the molecule is Cn1cnc(C2(N)N=C(N)C(C(F)(F)F)=CN2)n1. The van der Waals surface area contributed by atoms with Gasteiger partial charge in [0.15, 0.2) is 0 Å². The van der Waals surface area contributed by atoms with Crippen molar-refractivity contribution in [2.75, 3.05) is 0 Å². The number of nitrogens with one attached hydrogen (secondary N) is 1.